The molecule has 0 saturated heterocycles. The Kier molecular flexibility index (Phi) is 5.76. The van der Waals surface area contributed by atoms with Crippen LogP contribution in [0.1, 0.15) is 23.2 Å². The van der Waals surface area contributed by atoms with Gasteiger partial charge in [0.25, 0.3) is 0 Å². The zero-order valence-electron chi connectivity index (χ0n) is 14.3. The number of benzene rings is 3. The van der Waals surface area contributed by atoms with E-state index in [2.05, 4.69) is 10.1 Å². The predicted octanol–water partition coefficient (Wildman–Crippen LogP) is 5.04. The lowest BCUT2D eigenvalue weighted by atomic mass is 10.0. The molecule has 0 radical (unpaired) electrons. The SMILES string of the molecule is O=C(CCC(=O)c1ccc2ccccc2c1)Nc1ccc(OC(F)F)cc1. The third-order valence-corrected chi connectivity index (χ3v) is 4.01. The Morgan fingerprint density at radius 3 is 2.30 bits per heavy atom. The van der Waals surface area contributed by atoms with Crippen molar-refractivity contribution in [3.05, 3.63) is 72.3 Å². The van der Waals surface area contributed by atoms with E-state index < -0.39 is 6.61 Å². The van der Waals surface area contributed by atoms with Crippen molar-refractivity contribution in [1.82, 2.24) is 0 Å². The third kappa shape index (κ3) is 5.10. The first-order chi connectivity index (χ1) is 13.0. The zero-order chi connectivity index (χ0) is 19.2. The molecule has 0 aliphatic heterocycles. The van der Waals surface area contributed by atoms with Crippen LogP contribution < -0.4 is 10.1 Å². The molecule has 0 fully saturated rings. The predicted molar refractivity (Wildman–Crippen MR) is 99.2 cm³/mol. The lowest BCUT2D eigenvalue weighted by molar-refractivity contribution is -0.116. The zero-order valence-corrected chi connectivity index (χ0v) is 14.3. The smallest absolute Gasteiger partial charge is 0.387 e. The largest absolute Gasteiger partial charge is 0.435 e. The fourth-order valence-corrected chi connectivity index (χ4v) is 2.68. The van der Waals surface area contributed by atoms with Crippen LogP contribution >= 0.6 is 0 Å². The number of anilines is 1. The Bertz CT molecular complexity index is 955. The molecule has 1 N–H and O–H groups in total. The average molecular weight is 369 g/mol. The van der Waals surface area contributed by atoms with E-state index in [1.54, 1.807) is 6.07 Å². The topological polar surface area (TPSA) is 55.4 Å². The van der Waals surface area contributed by atoms with Crippen LogP contribution in [0.25, 0.3) is 10.8 Å². The van der Waals surface area contributed by atoms with Gasteiger partial charge in [-0.05, 0) is 41.1 Å². The summed E-state index contributed by atoms with van der Waals surface area (Å²) in [6, 6.07) is 18.8. The normalized spacial score (nSPS) is 10.8. The maximum Gasteiger partial charge on any atom is 0.387 e. The van der Waals surface area contributed by atoms with Crippen molar-refractivity contribution < 1.29 is 23.1 Å². The minimum Gasteiger partial charge on any atom is -0.435 e. The number of hydrogen-bond acceptors (Lipinski definition) is 3. The summed E-state index contributed by atoms with van der Waals surface area (Å²) >= 11 is 0. The molecule has 0 atom stereocenters. The maximum absolute atomic E-state index is 12.3. The van der Waals surface area contributed by atoms with E-state index in [-0.39, 0.29) is 30.3 Å². The number of Topliss-reactive ketones (excluding diaryl/α,β-unsaturated/α-hetero) is 1. The van der Waals surface area contributed by atoms with Gasteiger partial charge < -0.3 is 10.1 Å². The third-order valence-electron chi connectivity index (χ3n) is 4.01. The van der Waals surface area contributed by atoms with Crippen LogP contribution in [-0.2, 0) is 4.79 Å². The number of halogens is 2. The van der Waals surface area contributed by atoms with Crippen molar-refractivity contribution in [2.75, 3.05) is 5.32 Å². The molecule has 0 saturated carbocycles. The van der Waals surface area contributed by atoms with Gasteiger partial charge in [-0.3, -0.25) is 9.59 Å². The molecule has 0 unspecified atom stereocenters. The van der Waals surface area contributed by atoms with Gasteiger partial charge >= 0.3 is 6.61 Å². The number of nitrogens with one attached hydrogen (secondary N) is 1. The first-order valence-corrected chi connectivity index (χ1v) is 8.38. The first-order valence-electron chi connectivity index (χ1n) is 8.38. The molecule has 4 nitrogen and oxygen atoms in total. The summed E-state index contributed by atoms with van der Waals surface area (Å²) in [6.45, 7) is -2.90. The summed E-state index contributed by atoms with van der Waals surface area (Å²) < 4.78 is 28.5. The van der Waals surface area contributed by atoms with Gasteiger partial charge in [-0.2, -0.15) is 8.78 Å². The molecule has 1 amide bonds. The highest BCUT2D eigenvalue weighted by Gasteiger charge is 2.11. The minimum atomic E-state index is -2.90. The maximum atomic E-state index is 12.3. The fourth-order valence-electron chi connectivity index (χ4n) is 2.68. The Morgan fingerprint density at radius 2 is 1.59 bits per heavy atom. The van der Waals surface area contributed by atoms with Crippen LogP contribution in [0.5, 0.6) is 5.75 Å². The molecule has 3 aromatic rings. The van der Waals surface area contributed by atoms with E-state index in [1.165, 1.54) is 24.3 Å². The van der Waals surface area contributed by atoms with Gasteiger partial charge in [0.15, 0.2) is 5.78 Å². The van der Waals surface area contributed by atoms with E-state index in [4.69, 9.17) is 0 Å². The van der Waals surface area contributed by atoms with Crippen LogP contribution in [0.2, 0.25) is 0 Å². The fraction of sp³-hybridized carbons (Fsp3) is 0.143. The highest BCUT2D eigenvalue weighted by Crippen LogP contribution is 2.19. The summed E-state index contributed by atoms with van der Waals surface area (Å²) in [6.07, 6.45) is 0.109. The second-order valence-corrected chi connectivity index (χ2v) is 5.94. The molecule has 6 heteroatoms. The van der Waals surface area contributed by atoms with E-state index in [9.17, 15) is 18.4 Å². The number of rotatable bonds is 7. The van der Waals surface area contributed by atoms with Gasteiger partial charge in [0.2, 0.25) is 5.91 Å². The summed E-state index contributed by atoms with van der Waals surface area (Å²) in [4.78, 5) is 24.3. The molecule has 0 aliphatic carbocycles. The standard InChI is InChI=1S/C21H17F2NO3/c22-21(23)27-18-9-7-17(8-10-18)24-20(26)12-11-19(25)16-6-5-14-3-1-2-4-15(14)13-16/h1-10,13,21H,11-12H2,(H,24,26). The van der Waals surface area contributed by atoms with Crippen LogP contribution in [0.4, 0.5) is 14.5 Å². The molecule has 0 spiro atoms. The van der Waals surface area contributed by atoms with E-state index in [0.717, 1.165) is 10.8 Å². The number of hydrogen-bond donors (Lipinski definition) is 1. The highest BCUT2D eigenvalue weighted by molar-refractivity contribution is 6.02. The second-order valence-electron chi connectivity index (χ2n) is 5.94. The molecule has 0 aromatic heterocycles. The summed E-state index contributed by atoms with van der Waals surface area (Å²) in [5, 5.41) is 4.64. The van der Waals surface area contributed by atoms with Gasteiger partial charge in [0, 0.05) is 24.1 Å². The molecule has 3 rings (SSSR count). The lowest BCUT2D eigenvalue weighted by Gasteiger charge is -2.08. The summed E-state index contributed by atoms with van der Waals surface area (Å²) in [5.74, 6) is -0.433. The van der Waals surface area contributed by atoms with Gasteiger partial charge in [0.05, 0.1) is 0 Å². The van der Waals surface area contributed by atoms with Gasteiger partial charge in [-0.1, -0.05) is 36.4 Å². The molecule has 0 aliphatic rings. The number of ether oxygens (including phenoxy) is 1. The molecular weight excluding hydrogens is 352 g/mol. The van der Waals surface area contributed by atoms with Gasteiger partial charge in [0.1, 0.15) is 5.75 Å². The summed E-state index contributed by atoms with van der Waals surface area (Å²) in [5.41, 5.74) is 1.01. The first kappa shape index (κ1) is 18.5. The molecule has 0 heterocycles. The van der Waals surface area contributed by atoms with E-state index >= 15 is 0 Å². The van der Waals surface area contributed by atoms with Crippen LogP contribution in [0, 0.1) is 0 Å². The second kappa shape index (κ2) is 8.40. The highest BCUT2D eigenvalue weighted by atomic mass is 19.3. The van der Waals surface area contributed by atoms with Crippen molar-refractivity contribution in [3.63, 3.8) is 0 Å². The Balaban J connectivity index is 1.54. The molecular formula is C21H17F2NO3. The minimum absolute atomic E-state index is 0.00878. The lowest BCUT2D eigenvalue weighted by Crippen LogP contribution is -2.13. The number of fused-ring (bicyclic) bond motifs is 1. The van der Waals surface area contributed by atoms with Crippen LogP contribution in [0.3, 0.4) is 0 Å². The van der Waals surface area contributed by atoms with E-state index in [0.29, 0.717) is 11.3 Å². The van der Waals surface area contributed by atoms with Crippen molar-refractivity contribution in [1.29, 1.82) is 0 Å². The van der Waals surface area contributed by atoms with Gasteiger partial charge in [-0.15, -0.1) is 0 Å². The number of ketones is 1. The van der Waals surface area contributed by atoms with Crippen molar-refractivity contribution >= 4 is 28.2 Å². The Morgan fingerprint density at radius 1 is 0.889 bits per heavy atom. The number of alkyl halides is 2. The van der Waals surface area contributed by atoms with Crippen molar-refractivity contribution in [3.8, 4) is 5.75 Å². The van der Waals surface area contributed by atoms with Crippen LogP contribution in [-0.4, -0.2) is 18.3 Å². The molecule has 27 heavy (non-hydrogen) atoms. The van der Waals surface area contributed by atoms with E-state index in [1.807, 2.05) is 36.4 Å². The molecule has 0 bridgehead atoms. The van der Waals surface area contributed by atoms with Crippen LogP contribution in [0.15, 0.2) is 66.7 Å². The van der Waals surface area contributed by atoms with Crippen molar-refractivity contribution in [2.45, 2.75) is 19.5 Å². The number of amides is 1. The molecule has 138 valence electrons. The average Bonchev–Trinajstić information content (AvgIpc) is 2.67. The quantitative estimate of drug-likeness (QED) is 0.594. The van der Waals surface area contributed by atoms with Crippen molar-refractivity contribution in [2.24, 2.45) is 0 Å². The number of carbonyl (C=O) groups excluding carboxylic acids is 2. The summed E-state index contributed by atoms with van der Waals surface area (Å²) in [7, 11) is 0. The monoisotopic (exact) mass is 369 g/mol. The molecule has 3 aromatic carbocycles. The van der Waals surface area contributed by atoms with Gasteiger partial charge in [-0.25, -0.2) is 0 Å². The Labute approximate surface area is 154 Å². The number of carbonyl (C=O) groups is 2. The Hall–Kier alpha value is -3.28.